The molecule has 8 rings (SSSR count). The van der Waals surface area contributed by atoms with E-state index in [0.29, 0.717) is 40.6 Å². The first-order valence-corrected chi connectivity index (χ1v) is 25.9. The second kappa shape index (κ2) is 18.9. The first-order chi connectivity index (χ1) is 31.4. The summed E-state index contributed by atoms with van der Waals surface area (Å²) < 4.78 is 101. The van der Waals surface area contributed by atoms with Crippen LogP contribution in [0, 0.1) is 13.8 Å². The van der Waals surface area contributed by atoms with Crippen molar-refractivity contribution in [3.63, 3.8) is 0 Å². The molecule has 4 aromatic heterocycles. The first kappa shape index (κ1) is 49.7. The summed E-state index contributed by atoms with van der Waals surface area (Å²) in [5, 5.41) is 21.6. The highest BCUT2D eigenvalue weighted by atomic mass is 31.3. The summed E-state index contributed by atoms with van der Waals surface area (Å²) in [5.74, 6) is 1.65. The number of phosphoric acid groups is 4. The number of aromatic nitrogens is 8. The lowest BCUT2D eigenvalue weighted by atomic mass is 10.1. The lowest BCUT2D eigenvalue weighted by Crippen LogP contribution is -2.33. The fourth-order valence-corrected chi connectivity index (χ4v) is 12.8. The van der Waals surface area contributed by atoms with E-state index < -0.39 is 99.9 Å². The van der Waals surface area contributed by atoms with Crippen molar-refractivity contribution in [3.05, 3.63) is 60.2 Å². The Hall–Kier alpha value is -3.76. The molecule has 29 nitrogen and oxygen atoms in total. The zero-order valence-corrected chi connectivity index (χ0v) is 39.7. The number of ether oxygens (including phenoxy) is 4. The molecule has 67 heavy (non-hydrogen) atoms. The molecular weight excluding hydrogens is 976 g/mol. The highest BCUT2D eigenvalue weighted by molar-refractivity contribution is 7.69. The minimum Gasteiger partial charge on any atom is -0.387 e. The van der Waals surface area contributed by atoms with Crippen LogP contribution >= 0.6 is 31.3 Å². The molecule has 3 aliphatic heterocycles. The Morgan fingerprint density at radius 1 is 0.612 bits per heavy atom. The summed E-state index contributed by atoms with van der Waals surface area (Å²) in [5.41, 5.74) is 2.21. The normalized spacial score (nSPS) is 28.8. The topological polar surface area (TPSA) is 366 Å². The molecule has 13 atom stereocenters. The quantitative estimate of drug-likeness (QED) is 0.0681. The van der Waals surface area contributed by atoms with Crippen LogP contribution in [0.25, 0.3) is 22.3 Å². The molecule has 6 N–H and O–H groups in total. The summed E-state index contributed by atoms with van der Waals surface area (Å²) in [4.78, 5) is 70.8. The monoisotopic (exact) mass is 1020 g/mol. The zero-order valence-electron chi connectivity index (χ0n) is 36.1. The number of hydrogen-bond acceptors (Lipinski definition) is 23. The molecule has 0 aliphatic carbocycles. The molecule has 8 unspecified atom stereocenters. The van der Waals surface area contributed by atoms with Crippen LogP contribution in [0.4, 0.5) is 11.6 Å². The minimum absolute atomic E-state index is 0.209. The Morgan fingerprint density at radius 2 is 1.07 bits per heavy atom. The van der Waals surface area contributed by atoms with Crippen molar-refractivity contribution in [2.45, 2.75) is 75.6 Å². The second-order valence-corrected chi connectivity index (χ2v) is 22.0. The van der Waals surface area contributed by atoms with Crippen molar-refractivity contribution in [3.8, 4) is 0 Å². The third-order valence-electron chi connectivity index (χ3n) is 10.5. The van der Waals surface area contributed by atoms with Crippen LogP contribution in [0.3, 0.4) is 0 Å². The summed E-state index contributed by atoms with van der Waals surface area (Å²) in [6, 6.07) is 9.23. The van der Waals surface area contributed by atoms with Crippen molar-refractivity contribution in [1.29, 1.82) is 0 Å². The number of anilines is 2. The van der Waals surface area contributed by atoms with Gasteiger partial charge in [-0.3, -0.25) is 18.2 Å². The number of fused-ring (bicyclic) bond motifs is 3. The molecule has 0 radical (unpaired) electrons. The SMILES string of the molecule is Cc1nc2c(N(C)C)ncnc2n1[C@@H]1O[C@H](COP(=O)(O)OP(=O)(O)OP(=O)(O)OP(=O)(O)OC[C@H]2O[C@@H](n3c(C)nc4c(N(C)C)ncnc43)[C@@H](O)C2O)C2OC(Cc3ccccc3)OC21. The van der Waals surface area contributed by atoms with Gasteiger partial charge >= 0.3 is 31.3 Å². The van der Waals surface area contributed by atoms with E-state index in [1.807, 2.05) is 30.3 Å². The summed E-state index contributed by atoms with van der Waals surface area (Å²) >= 11 is 0. The zero-order chi connectivity index (χ0) is 48.4. The Balaban J connectivity index is 0.898. The molecule has 0 saturated carbocycles. The summed E-state index contributed by atoms with van der Waals surface area (Å²) in [7, 11) is -16.9. The Morgan fingerprint density at radius 3 is 1.60 bits per heavy atom. The third-order valence-corrected chi connectivity index (χ3v) is 16.4. The largest absolute Gasteiger partial charge is 0.490 e. The van der Waals surface area contributed by atoms with E-state index in [0.717, 1.165) is 5.56 Å². The van der Waals surface area contributed by atoms with Crippen LogP contribution < -0.4 is 9.80 Å². The lowest BCUT2D eigenvalue weighted by Gasteiger charge is -2.23. The van der Waals surface area contributed by atoms with Gasteiger partial charge in [-0.2, -0.15) is 12.9 Å². The maximum Gasteiger partial charge on any atom is 0.490 e. The van der Waals surface area contributed by atoms with Gasteiger partial charge < -0.3 is 58.5 Å². The number of aryl methyl sites for hydroxylation is 2. The van der Waals surface area contributed by atoms with Crippen molar-refractivity contribution in [1.82, 2.24) is 39.0 Å². The van der Waals surface area contributed by atoms with Gasteiger partial charge in [0.1, 0.15) is 60.9 Å². The molecule has 3 aliphatic rings. The van der Waals surface area contributed by atoms with Crippen LogP contribution in [0.5, 0.6) is 0 Å². The van der Waals surface area contributed by atoms with Crippen molar-refractivity contribution in [2.24, 2.45) is 0 Å². The molecule has 3 saturated heterocycles. The van der Waals surface area contributed by atoms with Gasteiger partial charge in [0.05, 0.1) is 13.2 Å². The average Bonchev–Trinajstić information content (AvgIpc) is 4.02. The molecular formula is C34H46N10O19P4. The smallest absolute Gasteiger partial charge is 0.387 e. The average molecular weight is 1020 g/mol. The Labute approximate surface area is 379 Å². The highest BCUT2D eigenvalue weighted by Crippen LogP contribution is 2.71. The van der Waals surface area contributed by atoms with Crippen molar-refractivity contribution in [2.75, 3.05) is 51.2 Å². The number of nitrogens with zero attached hydrogens (tertiary/aromatic N) is 10. The minimum atomic E-state index is -6.20. The molecule has 0 bridgehead atoms. The summed E-state index contributed by atoms with van der Waals surface area (Å²) in [6.45, 7) is 1.31. The van der Waals surface area contributed by atoms with Gasteiger partial charge in [0.2, 0.25) is 0 Å². The fraction of sp³-hybridized carbons (Fsp3) is 0.529. The number of aliphatic hydroxyl groups is 2. The standard InChI is InChI=1S/C34H46N10O19P4/c1-17-39-23-29(41(3)4)35-15-37-31(23)43(17)33-26(46)25(45)20(57-33)13-55-64(47,48)61-66(51,52)63-67(53,54)62-65(49,50)56-14-21-27-28(60-22(59-27)12-19-10-8-7-9-11-19)34(58-21)44-18(2)40-24-30(42(5)6)36-16-38-32(24)44/h7-11,15-16,20-22,25-28,33-34,45-46H,12-14H2,1-6H3,(H,47,48)(H,49,50)(H,51,52)(H,53,54)/t20-,21-,22?,25?,26+,27?,28?,33-,34-/m1/s1. The molecule has 1 aromatic carbocycles. The van der Waals surface area contributed by atoms with Crippen LogP contribution in [0.15, 0.2) is 43.0 Å². The van der Waals surface area contributed by atoms with Gasteiger partial charge in [0, 0.05) is 34.6 Å². The molecule has 5 aromatic rings. The Bertz CT molecular complexity index is 2820. The molecule has 33 heteroatoms. The maximum atomic E-state index is 13.1. The number of aliphatic hydroxyl groups excluding tert-OH is 2. The number of hydrogen-bond donors (Lipinski definition) is 6. The van der Waals surface area contributed by atoms with Gasteiger partial charge in [-0.1, -0.05) is 30.3 Å². The van der Waals surface area contributed by atoms with E-state index >= 15 is 0 Å². The molecule has 7 heterocycles. The van der Waals surface area contributed by atoms with E-state index in [-0.39, 0.29) is 11.5 Å². The van der Waals surface area contributed by atoms with E-state index in [1.54, 1.807) is 56.4 Å². The van der Waals surface area contributed by atoms with E-state index in [2.05, 4.69) is 42.8 Å². The van der Waals surface area contributed by atoms with Crippen LogP contribution in [0.2, 0.25) is 0 Å². The van der Waals surface area contributed by atoms with Gasteiger partial charge in [0.15, 0.2) is 52.7 Å². The first-order valence-electron chi connectivity index (χ1n) is 19.9. The second-order valence-electron chi connectivity index (χ2n) is 15.7. The molecule has 0 spiro atoms. The van der Waals surface area contributed by atoms with Gasteiger partial charge in [-0.25, -0.2) is 48.2 Å². The predicted octanol–water partition coefficient (Wildman–Crippen LogP) is 1.77. The van der Waals surface area contributed by atoms with E-state index in [9.17, 15) is 48.0 Å². The number of imidazole rings is 2. The van der Waals surface area contributed by atoms with Crippen LogP contribution in [-0.2, 0) is 65.6 Å². The van der Waals surface area contributed by atoms with Crippen molar-refractivity contribution < 1.29 is 89.0 Å². The number of rotatable bonds is 18. The molecule has 366 valence electrons. The van der Waals surface area contributed by atoms with Gasteiger partial charge in [0.25, 0.3) is 0 Å². The molecule has 3 fully saturated rings. The van der Waals surface area contributed by atoms with Crippen molar-refractivity contribution >= 4 is 65.3 Å². The van der Waals surface area contributed by atoms with E-state index in [1.165, 1.54) is 17.2 Å². The molecule has 0 amide bonds. The number of phosphoric ester groups is 2. The number of benzene rings is 1. The summed E-state index contributed by atoms with van der Waals surface area (Å²) in [6.07, 6.45) is -8.51. The van der Waals surface area contributed by atoms with Gasteiger partial charge in [-0.05, 0) is 19.4 Å². The van der Waals surface area contributed by atoms with Gasteiger partial charge in [-0.15, -0.1) is 0 Å². The van der Waals surface area contributed by atoms with E-state index in [4.69, 9.17) is 28.0 Å². The predicted molar refractivity (Wildman–Crippen MR) is 227 cm³/mol. The lowest BCUT2D eigenvalue weighted by molar-refractivity contribution is -0.149. The maximum absolute atomic E-state index is 13.1. The highest BCUT2D eigenvalue weighted by Gasteiger charge is 2.55. The van der Waals surface area contributed by atoms with Crippen LogP contribution in [0.1, 0.15) is 29.7 Å². The third kappa shape index (κ3) is 10.6. The Kier molecular flexibility index (Phi) is 14.0. The van der Waals surface area contributed by atoms with Crippen LogP contribution in [-0.4, -0.2) is 153 Å². The fourth-order valence-electron chi connectivity index (χ4n) is 7.80.